The maximum Gasteiger partial charge on any atom is 0.334 e. The van der Waals surface area contributed by atoms with Crippen molar-refractivity contribution in [3.8, 4) is 11.3 Å². The van der Waals surface area contributed by atoms with E-state index in [1.54, 1.807) is 6.20 Å². The van der Waals surface area contributed by atoms with E-state index in [1.807, 2.05) is 58.3 Å². The van der Waals surface area contributed by atoms with Gasteiger partial charge in [-0.15, -0.1) is 0 Å². The summed E-state index contributed by atoms with van der Waals surface area (Å²) in [6.07, 6.45) is 13.4. The summed E-state index contributed by atoms with van der Waals surface area (Å²) in [5, 5.41) is 6.54. The molecular formula is C34H44N6O2. The van der Waals surface area contributed by atoms with Gasteiger partial charge in [0.1, 0.15) is 11.4 Å². The predicted octanol–water partition coefficient (Wildman–Crippen LogP) is 6.94. The third kappa shape index (κ3) is 9.52. The van der Waals surface area contributed by atoms with Gasteiger partial charge in [-0.3, -0.25) is 0 Å². The number of aromatic nitrogens is 3. The first-order valence-corrected chi connectivity index (χ1v) is 14.8. The van der Waals surface area contributed by atoms with Crippen molar-refractivity contribution in [2.24, 2.45) is 0 Å². The van der Waals surface area contributed by atoms with E-state index in [9.17, 15) is 4.79 Å². The van der Waals surface area contributed by atoms with Crippen LogP contribution in [0.25, 0.3) is 17.3 Å². The minimum atomic E-state index is -0.470. The van der Waals surface area contributed by atoms with Crippen molar-refractivity contribution in [2.45, 2.75) is 64.9 Å². The number of nitrogens with zero attached hydrogens (tertiary/aromatic N) is 4. The van der Waals surface area contributed by atoms with Crippen LogP contribution in [0.2, 0.25) is 0 Å². The molecule has 2 aromatic heterocycles. The molecule has 3 aromatic rings. The second-order valence-corrected chi connectivity index (χ2v) is 11.7. The van der Waals surface area contributed by atoms with Crippen molar-refractivity contribution in [2.75, 3.05) is 37.4 Å². The standard InChI is InChI=1S/C34H44N6O2/c1-34(2,3)42-32(41)27-13-6-10-25(11-7-14-27)22-26-12-8-15-29(23-26)38-33-36-20-18-30(39-33)28-16-17-31(37-24-28)40(5)21-9-19-35-4/h8,12-13,15-18,20,22-24,35H,6-7,9-11,14,19,21H2,1-5H3,(H,36,38,39). The molecule has 1 aliphatic rings. The van der Waals surface area contributed by atoms with E-state index in [0.29, 0.717) is 5.95 Å². The van der Waals surface area contributed by atoms with E-state index in [4.69, 9.17) is 9.72 Å². The van der Waals surface area contributed by atoms with Gasteiger partial charge in [0.05, 0.1) is 5.69 Å². The lowest BCUT2D eigenvalue weighted by Gasteiger charge is -2.21. The van der Waals surface area contributed by atoms with Crippen LogP contribution in [0, 0.1) is 0 Å². The van der Waals surface area contributed by atoms with Crippen molar-refractivity contribution in [1.29, 1.82) is 0 Å². The van der Waals surface area contributed by atoms with Crippen molar-refractivity contribution in [3.05, 3.63) is 77.6 Å². The average Bonchev–Trinajstić information content (AvgIpc) is 2.94. The van der Waals surface area contributed by atoms with Gasteiger partial charge in [-0.05, 0) is 109 Å². The molecule has 2 N–H and O–H groups in total. The summed E-state index contributed by atoms with van der Waals surface area (Å²) in [5.74, 6) is 1.30. The highest BCUT2D eigenvalue weighted by atomic mass is 16.6. The van der Waals surface area contributed by atoms with Crippen molar-refractivity contribution < 1.29 is 9.53 Å². The zero-order valence-corrected chi connectivity index (χ0v) is 25.6. The Balaban J connectivity index is 1.39. The zero-order valence-electron chi connectivity index (χ0n) is 25.6. The summed E-state index contributed by atoms with van der Waals surface area (Å²) < 4.78 is 5.57. The highest BCUT2D eigenvalue weighted by Crippen LogP contribution is 2.27. The number of benzene rings is 1. The van der Waals surface area contributed by atoms with Crippen LogP contribution in [-0.2, 0) is 9.53 Å². The van der Waals surface area contributed by atoms with Gasteiger partial charge in [-0.25, -0.2) is 19.7 Å². The molecule has 2 heterocycles. The van der Waals surface area contributed by atoms with Crippen LogP contribution >= 0.6 is 0 Å². The number of nitrogens with one attached hydrogen (secondary N) is 2. The Morgan fingerprint density at radius 3 is 2.71 bits per heavy atom. The number of allylic oxidation sites excluding steroid dienone is 2. The Hall–Kier alpha value is -4.04. The van der Waals surface area contributed by atoms with Gasteiger partial charge >= 0.3 is 5.97 Å². The van der Waals surface area contributed by atoms with Gasteiger partial charge in [-0.1, -0.05) is 29.9 Å². The number of carbonyl (C=O) groups is 1. The number of esters is 1. The summed E-state index contributed by atoms with van der Waals surface area (Å²) in [7, 11) is 4.03. The summed E-state index contributed by atoms with van der Waals surface area (Å²) in [4.78, 5) is 28.5. The fraction of sp³-hybridized carbons (Fsp3) is 0.412. The SMILES string of the molecule is CNCCCN(C)c1ccc(-c2ccnc(Nc3cccc(C=C4CCC=C(C(=O)OC(C)(C)C)CCC4)c3)n2)cn1. The lowest BCUT2D eigenvalue weighted by Crippen LogP contribution is -2.25. The highest BCUT2D eigenvalue weighted by molar-refractivity contribution is 5.88. The molecule has 4 rings (SSSR count). The molecule has 8 heteroatoms. The van der Waals surface area contributed by atoms with Crippen LogP contribution in [0.1, 0.15) is 64.9 Å². The molecule has 0 spiro atoms. The van der Waals surface area contributed by atoms with Gasteiger partial charge in [0, 0.05) is 42.8 Å². The topological polar surface area (TPSA) is 92.3 Å². The third-order valence-electron chi connectivity index (χ3n) is 6.99. The van der Waals surface area contributed by atoms with Crippen LogP contribution in [-0.4, -0.2) is 53.7 Å². The molecule has 0 fully saturated rings. The number of hydrogen-bond acceptors (Lipinski definition) is 8. The molecule has 0 atom stereocenters. The molecule has 0 amide bonds. The van der Waals surface area contributed by atoms with Crippen LogP contribution in [0.5, 0.6) is 0 Å². The van der Waals surface area contributed by atoms with E-state index in [-0.39, 0.29) is 5.97 Å². The largest absolute Gasteiger partial charge is 0.457 e. The normalized spacial score (nSPS) is 15.0. The number of ether oxygens (including phenoxy) is 1. The van der Waals surface area contributed by atoms with E-state index in [1.165, 1.54) is 5.57 Å². The highest BCUT2D eigenvalue weighted by Gasteiger charge is 2.20. The van der Waals surface area contributed by atoms with Crippen molar-refractivity contribution in [3.63, 3.8) is 0 Å². The Morgan fingerprint density at radius 2 is 1.95 bits per heavy atom. The van der Waals surface area contributed by atoms with E-state index in [0.717, 1.165) is 85.5 Å². The van der Waals surface area contributed by atoms with Gasteiger partial charge in [0.15, 0.2) is 0 Å². The predicted molar refractivity (Wildman–Crippen MR) is 172 cm³/mol. The second kappa shape index (κ2) is 14.7. The lowest BCUT2D eigenvalue weighted by molar-refractivity contribution is -0.150. The molecule has 0 unspecified atom stereocenters. The molecule has 0 radical (unpaired) electrons. The minimum absolute atomic E-state index is 0.184. The summed E-state index contributed by atoms with van der Waals surface area (Å²) >= 11 is 0. The molecule has 0 aliphatic heterocycles. The van der Waals surface area contributed by atoms with Crippen LogP contribution < -0.4 is 15.5 Å². The summed E-state index contributed by atoms with van der Waals surface area (Å²) in [6.45, 7) is 7.64. The molecule has 1 aliphatic carbocycles. The summed E-state index contributed by atoms with van der Waals surface area (Å²) in [6, 6.07) is 14.3. The fourth-order valence-electron chi connectivity index (χ4n) is 4.86. The first-order valence-electron chi connectivity index (χ1n) is 14.8. The zero-order chi connectivity index (χ0) is 30.0. The fourth-order valence-corrected chi connectivity index (χ4v) is 4.86. The second-order valence-electron chi connectivity index (χ2n) is 11.7. The van der Waals surface area contributed by atoms with Crippen LogP contribution in [0.15, 0.2) is 72.1 Å². The number of carbonyl (C=O) groups excluding carboxylic acids is 1. The number of pyridine rings is 1. The minimum Gasteiger partial charge on any atom is -0.457 e. The Labute approximate surface area is 250 Å². The van der Waals surface area contributed by atoms with Crippen LogP contribution in [0.3, 0.4) is 0 Å². The maximum atomic E-state index is 12.5. The number of hydrogen-bond donors (Lipinski definition) is 2. The average molecular weight is 569 g/mol. The van der Waals surface area contributed by atoms with Crippen molar-refractivity contribution in [1.82, 2.24) is 20.3 Å². The Bertz CT molecular complexity index is 1390. The Morgan fingerprint density at radius 1 is 1.10 bits per heavy atom. The van der Waals surface area contributed by atoms with Gasteiger partial charge < -0.3 is 20.3 Å². The first-order chi connectivity index (χ1) is 20.2. The quantitative estimate of drug-likeness (QED) is 0.201. The molecule has 1 aromatic carbocycles. The monoisotopic (exact) mass is 568 g/mol. The molecule has 0 bridgehead atoms. The number of rotatable bonds is 10. The van der Waals surface area contributed by atoms with Gasteiger partial charge in [0.2, 0.25) is 5.95 Å². The van der Waals surface area contributed by atoms with Gasteiger partial charge in [-0.2, -0.15) is 0 Å². The van der Waals surface area contributed by atoms with E-state index in [2.05, 4.69) is 62.9 Å². The molecule has 42 heavy (non-hydrogen) atoms. The smallest absolute Gasteiger partial charge is 0.334 e. The molecule has 0 saturated heterocycles. The molecule has 8 nitrogen and oxygen atoms in total. The van der Waals surface area contributed by atoms with E-state index >= 15 is 0 Å². The molecular weight excluding hydrogens is 524 g/mol. The van der Waals surface area contributed by atoms with Crippen molar-refractivity contribution >= 4 is 29.5 Å². The maximum absolute atomic E-state index is 12.5. The Kier molecular flexibility index (Phi) is 10.8. The van der Waals surface area contributed by atoms with Crippen LogP contribution in [0.4, 0.5) is 17.5 Å². The lowest BCUT2D eigenvalue weighted by atomic mass is 9.94. The molecule has 0 saturated carbocycles. The van der Waals surface area contributed by atoms with E-state index < -0.39 is 5.60 Å². The summed E-state index contributed by atoms with van der Waals surface area (Å²) in [5.41, 5.74) is 5.53. The van der Waals surface area contributed by atoms with Gasteiger partial charge in [0.25, 0.3) is 0 Å². The molecule has 222 valence electrons. The number of anilines is 3. The first kappa shape index (κ1) is 30.9. The third-order valence-corrected chi connectivity index (χ3v) is 6.99.